The number of para-hydroxylation sites is 1. The number of aromatic hydroxyl groups is 1. The van der Waals surface area contributed by atoms with Crippen LogP contribution in [0.15, 0.2) is 48.5 Å². The summed E-state index contributed by atoms with van der Waals surface area (Å²) in [5.41, 5.74) is 5.08. The quantitative estimate of drug-likeness (QED) is 0.516. The van der Waals surface area contributed by atoms with E-state index in [1.54, 1.807) is 16.8 Å². The van der Waals surface area contributed by atoms with E-state index in [2.05, 4.69) is 22.3 Å². The number of likely N-dealkylation sites (N-methyl/N-ethyl adjacent to an activating group) is 1. The van der Waals surface area contributed by atoms with Gasteiger partial charge in [-0.3, -0.25) is 4.90 Å². The fourth-order valence-electron chi connectivity index (χ4n) is 5.11. The van der Waals surface area contributed by atoms with Crippen molar-refractivity contribution in [3.63, 3.8) is 0 Å². The van der Waals surface area contributed by atoms with Gasteiger partial charge >= 0.3 is 6.03 Å². The zero-order valence-electron chi connectivity index (χ0n) is 20.4. The van der Waals surface area contributed by atoms with Crippen LogP contribution in [0.1, 0.15) is 24.5 Å². The van der Waals surface area contributed by atoms with Crippen LogP contribution in [0, 0.1) is 0 Å². The summed E-state index contributed by atoms with van der Waals surface area (Å²) in [6, 6.07) is 15.6. The van der Waals surface area contributed by atoms with E-state index < -0.39 is 0 Å². The molecule has 2 aliphatic heterocycles. The number of phenols is 1. The third kappa shape index (κ3) is 4.27. The molecule has 2 saturated heterocycles. The standard InChI is InChI=1S/C28H30ClN5O2/c1-32-13-14-34(28(32)36)25-8-7-19(15-23(25)29)21-3-2-4-22(27(21)35)20-16-24(18-5-6-18)31-26(17-20)33-11-9-30-10-12-33/h2-4,7-8,15-18,30,35H,5-6,9-14H2,1H3. The Morgan fingerprint density at radius 1 is 0.972 bits per heavy atom. The number of nitrogens with zero attached hydrogens (tertiary/aromatic N) is 4. The number of hydrogen-bond donors (Lipinski definition) is 2. The SMILES string of the molecule is CN1CCN(c2ccc(-c3cccc(-c4cc(C5CC5)nc(N5CCNCC5)c4)c3O)cc2Cl)C1=O. The van der Waals surface area contributed by atoms with Crippen LogP contribution in [0.2, 0.25) is 5.02 Å². The molecule has 3 heterocycles. The molecule has 0 radical (unpaired) electrons. The minimum Gasteiger partial charge on any atom is -0.507 e. The van der Waals surface area contributed by atoms with Gasteiger partial charge in [0, 0.05) is 69.1 Å². The molecule has 36 heavy (non-hydrogen) atoms. The van der Waals surface area contributed by atoms with Gasteiger partial charge in [0.25, 0.3) is 0 Å². The van der Waals surface area contributed by atoms with E-state index in [1.165, 1.54) is 12.8 Å². The van der Waals surface area contributed by atoms with E-state index in [9.17, 15) is 9.90 Å². The maximum Gasteiger partial charge on any atom is 0.324 e. The number of pyridine rings is 1. The molecular formula is C28H30ClN5O2. The number of carbonyl (C=O) groups excluding carboxylic acids is 1. The second kappa shape index (κ2) is 9.30. The highest BCUT2D eigenvalue weighted by Crippen LogP contribution is 2.44. The molecule has 0 unspecified atom stereocenters. The minimum atomic E-state index is -0.0565. The van der Waals surface area contributed by atoms with Crippen molar-refractivity contribution in [2.24, 2.45) is 0 Å². The lowest BCUT2D eigenvalue weighted by atomic mass is 9.96. The Kier molecular flexibility index (Phi) is 5.97. The molecule has 0 spiro atoms. The Balaban J connectivity index is 1.37. The van der Waals surface area contributed by atoms with E-state index in [0.29, 0.717) is 35.3 Å². The van der Waals surface area contributed by atoms with Gasteiger partial charge < -0.3 is 20.2 Å². The van der Waals surface area contributed by atoms with Gasteiger partial charge in [-0.05, 0) is 48.2 Å². The molecule has 7 nitrogen and oxygen atoms in total. The summed E-state index contributed by atoms with van der Waals surface area (Å²) in [6.45, 7) is 5.02. The number of rotatable bonds is 5. The lowest BCUT2D eigenvalue weighted by Crippen LogP contribution is -2.44. The predicted molar refractivity (Wildman–Crippen MR) is 144 cm³/mol. The summed E-state index contributed by atoms with van der Waals surface area (Å²) >= 11 is 6.64. The molecule has 2 N–H and O–H groups in total. The number of aromatic nitrogens is 1. The van der Waals surface area contributed by atoms with Crippen LogP contribution in [0.3, 0.4) is 0 Å². The second-order valence-corrected chi connectivity index (χ2v) is 10.3. The Morgan fingerprint density at radius 2 is 1.72 bits per heavy atom. The molecule has 6 rings (SSSR count). The number of amides is 2. The molecule has 0 bridgehead atoms. The van der Waals surface area contributed by atoms with Gasteiger partial charge in [0.1, 0.15) is 11.6 Å². The molecule has 1 aromatic heterocycles. The van der Waals surface area contributed by atoms with Crippen molar-refractivity contribution in [3.05, 3.63) is 59.2 Å². The van der Waals surface area contributed by atoms with Crippen molar-refractivity contribution in [3.8, 4) is 28.0 Å². The number of hydrogen-bond acceptors (Lipinski definition) is 5. The lowest BCUT2D eigenvalue weighted by Gasteiger charge is -2.29. The first-order chi connectivity index (χ1) is 17.5. The zero-order chi connectivity index (χ0) is 24.8. The summed E-state index contributed by atoms with van der Waals surface area (Å²) in [5, 5.41) is 15.3. The van der Waals surface area contributed by atoms with E-state index >= 15 is 0 Å². The lowest BCUT2D eigenvalue weighted by molar-refractivity contribution is 0.229. The van der Waals surface area contributed by atoms with Gasteiger partial charge in [0.15, 0.2) is 0 Å². The summed E-state index contributed by atoms with van der Waals surface area (Å²) < 4.78 is 0. The maximum absolute atomic E-state index is 12.4. The molecule has 2 amide bonds. The minimum absolute atomic E-state index is 0.0565. The molecule has 186 valence electrons. The van der Waals surface area contributed by atoms with Gasteiger partial charge in [-0.1, -0.05) is 35.9 Å². The number of urea groups is 1. The Labute approximate surface area is 216 Å². The van der Waals surface area contributed by atoms with Gasteiger partial charge in [0.2, 0.25) is 0 Å². The van der Waals surface area contributed by atoms with Crippen LogP contribution in [-0.2, 0) is 0 Å². The smallest absolute Gasteiger partial charge is 0.324 e. The topological polar surface area (TPSA) is 71.9 Å². The Hall–Kier alpha value is -3.29. The highest BCUT2D eigenvalue weighted by Gasteiger charge is 2.29. The van der Waals surface area contributed by atoms with Crippen LogP contribution >= 0.6 is 11.6 Å². The number of phenolic OH excluding ortho intramolecular Hbond substituents is 1. The first kappa shape index (κ1) is 23.1. The molecular weight excluding hydrogens is 474 g/mol. The van der Waals surface area contributed by atoms with E-state index in [4.69, 9.17) is 16.6 Å². The predicted octanol–water partition coefficient (Wildman–Crippen LogP) is 4.93. The van der Waals surface area contributed by atoms with E-state index in [1.807, 2.05) is 36.4 Å². The second-order valence-electron chi connectivity index (χ2n) is 9.87. The molecule has 3 aromatic rings. The first-order valence-corrected chi connectivity index (χ1v) is 13.0. The molecule has 0 atom stereocenters. The summed E-state index contributed by atoms with van der Waals surface area (Å²) in [5.74, 6) is 1.71. The monoisotopic (exact) mass is 503 g/mol. The average molecular weight is 504 g/mol. The third-order valence-corrected chi connectivity index (χ3v) is 7.68. The first-order valence-electron chi connectivity index (χ1n) is 12.6. The molecule has 8 heteroatoms. The third-order valence-electron chi connectivity index (χ3n) is 7.38. The van der Waals surface area contributed by atoms with Crippen LogP contribution in [0.5, 0.6) is 5.75 Å². The van der Waals surface area contributed by atoms with Crippen LogP contribution in [0.25, 0.3) is 22.3 Å². The van der Waals surface area contributed by atoms with Crippen molar-refractivity contribution < 1.29 is 9.90 Å². The average Bonchev–Trinajstić information content (AvgIpc) is 3.70. The largest absolute Gasteiger partial charge is 0.507 e. The van der Waals surface area contributed by atoms with Crippen LogP contribution in [-0.4, -0.2) is 67.3 Å². The van der Waals surface area contributed by atoms with Crippen molar-refractivity contribution in [2.75, 3.05) is 56.1 Å². The van der Waals surface area contributed by atoms with Gasteiger partial charge in [-0.25, -0.2) is 9.78 Å². The van der Waals surface area contributed by atoms with Crippen molar-refractivity contribution >= 4 is 29.1 Å². The Bertz CT molecular complexity index is 1320. The van der Waals surface area contributed by atoms with Crippen LogP contribution in [0.4, 0.5) is 16.3 Å². The van der Waals surface area contributed by atoms with Crippen LogP contribution < -0.4 is 15.1 Å². The van der Waals surface area contributed by atoms with E-state index in [-0.39, 0.29) is 11.8 Å². The number of carbonyl (C=O) groups is 1. The summed E-state index contributed by atoms with van der Waals surface area (Å²) in [4.78, 5) is 23.1. The zero-order valence-corrected chi connectivity index (χ0v) is 21.1. The number of anilines is 2. The number of nitrogens with one attached hydrogen (secondary N) is 1. The summed E-state index contributed by atoms with van der Waals surface area (Å²) in [7, 11) is 1.79. The van der Waals surface area contributed by atoms with Crippen molar-refractivity contribution in [1.82, 2.24) is 15.2 Å². The number of piperazine rings is 1. The summed E-state index contributed by atoms with van der Waals surface area (Å²) in [6.07, 6.45) is 2.34. The van der Waals surface area contributed by atoms with E-state index in [0.717, 1.165) is 54.4 Å². The fourth-order valence-corrected chi connectivity index (χ4v) is 5.39. The molecule has 1 aliphatic carbocycles. The molecule has 2 aromatic carbocycles. The fraction of sp³-hybridized carbons (Fsp3) is 0.357. The highest BCUT2D eigenvalue weighted by atomic mass is 35.5. The van der Waals surface area contributed by atoms with Crippen molar-refractivity contribution in [2.45, 2.75) is 18.8 Å². The number of benzene rings is 2. The molecule has 3 fully saturated rings. The maximum atomic E-state index is 12.4. The molecule has 3 aliphatic rings. The van der Waals surface area contributed by atoms with Gasteiger partial charge in [-0.2, -0.15) is 0 Å². The normalized spacial score (nSPS) is 18.3. The highest BCUT2D eigenvalue weighted by molar-refractivity contribution is 6.34. The van der Waals surface area contributed by atoms with Gasteiger partial charge in [-0.15, -0.1) is 0 Å². The van der Waals surface area contributed by atoms with Crippen molar-refractivity contribution in [1.29, 1.82) is 0 Å². The van der Waals surface area contributed by atoms with Gasteiger partial charge in [0.05, 0.1) is 10.7 Å². The Morgan fingerprint density at radius 3 is 2.39 bits per heavy atom. The molecule has 1 saturated carbocycles. The number of halogens is 1.